The van der Waals surface area contributed by atoms with Crippen LogP contribution in [0.25, 0.3) is 0 Å². The Bertz CT molecular complexity index is 852. The lowest BCUT2D eigenvalue weighted by Crippen LogP contribution is -2.20. The van der Waals surface area contributed by atoms with Gasteiger partial charge in [-0.05, 0) is 87.0 Å². The quantitative estimate of drug-likeness (QED) is 0.279. The summed E-state index contributed by atoms with van der Waals surface area (Å²) in [6.07, 6.45) is 0.785. The molecule has 0 saturated carbocycles. The van der Waals surface area contributed by atoms with E-state index in [9.17, 15) is 10.2 Å². The first-order valence-electron chi connectivity index (χ1n) is 9.28. The van der Waals surface area contributed by atoms with Crippen LogP contribution in [0.5, 0.6) is 11.5 Å². The van der Waals surface area contributed by atoms with Gasteiger partial charge in [0.15, 0.2) is 0 Å². The summed E-state index contributed by atoms with van der Waals surface area (Å²) in [6, 6.07) is 7.12. The fourth-order valence-corrected chi connectivity index (χ4v) is 5.94. The average molecular weight is 674 g/mol. The molecule has 30 heavy (non-hydrogen) atoms. The molecule has 9 heteroatoms. The highest BCUT2D eigenvalue weighted by Gasteiger charge is 2.32. The van der Waals surface area contributed by atoms with Gasteiger partial charge in [0.2, 0.25) is 0 Å². The van der Waals surface area contributed by atoms with Crippen molar-refractivity contribution in [2.24, 2.45) is 0 Å². The van der Waals surface area contributed by atoms with Gasteiger partial charge in [-0.2, -0.15) is 0 Å². The molecule has 0 aliphatic carbocycles. The minimum atomic E-state index is -0.343. The summed E-state index contributed by atoms with van der Waals surface area (Å²) in [5.41, 5.74) is 1.69. The molecule has 0 amide bonds. The lowest BCUT2D eigenvalue weighted by Gasteiger charge is -2.30. The summed E-state index contributed by atoms with van der Waals surface area (Å²) in [7, 11) is 0. The fourth-order valence-electron chi connectivity index (χ4n) is 2.85. The largest absolute Gasteiger partial charge is 0.508 e. The van der Waals surface area contributed by atoms with E-state index in [4.69, 9.17) is 14.2 Å². The van der Waals surface area contributed by atoms with E-state index >= 15 is 0 Å². The van der Waals surface area contributed by atoms with Crippen molar-refractivity contribution in [1.82, 2.24) is 0 Å². The topological polar surface area (TPSA) is 74.8 Å². The Labute approximate surface area is 209 Å². The molecule has 2 saturated heterocycles. The van der Waals surface area contributed by atoms with Crippen LogP contribution < -0.4 is 0 Å². The Kier molecular flexibility index (Phi) is 8.31. The van der Waals surface area contributed by atoms with Crippen LogP contribution in [0.15, 0.2) is 42.2 Å². The first-order chi connectivity index (χ1) is 14.1. The maximum Gasteiger partial charge on any atom is 0.146 e. The Morgan fingerprint density at radius 1 is 0.867 bits per heavy atom. The molecule has 2 atom stereocenters. The molecule has 2 heterocycles. The first-order valence-corrected chi connectivity index (χ1v) is 12.5. The Hall–Kier alpha value is -0.160. The average Bonchev–Trinajstić information content (AvgIpc) is 3.62. The summed E-state index contributed by atoms with van der Waals surface area (Å²) in [5.74, 6) is 0.375. The van der Waals surface area contributed by atoms with Crippen LogP contribution in [-0.4, -0.2) is 48.8 Å². The smallest absolute Gasteiger partial charge is 0.146 e. The normalized spacial score (nSPS) is 19.8. The van der Waals surface area contributed by atoms with E-state index in [1.807, 2.05) is 12.1 Å². The highest BCUT2D eigenvalue weighted by molar-refractivity contribution is 9.14. The number of phenolic OH excluding ortho intramolecular Hbond substituents is 2. The number of aromatic hydroxyl groups is 2. The van der Waals surface area contributed by atoms with Crippen molar-refractivity contribution in [1.29, 1.82) is 0 Å². The molecule has 0 bridgehead atoms. The van der Waals surface area contributed by atoms with Gasteiger partial charge >= 0.3 is 0 Å². The van der Waals surface area contributed by atoms with Crippen LogP contribution in [0, 0.1) is 0 Å². The highest BCUT2D eigenvalue weighted by Crippen LogP contribution is 2.51. The molecular weight excluding hydrogens is 652 g/mol. The molecule has 2 aromatic carbocycles. The molecule has 2 N–H and O–H groups in total. The van der Waals surface area contributed by atoms with Gasteiger partial charge in [-0.3, -0.25) is 0 Å². The van der Waals surface area contributed by atoms with E-state index < -0.39 is 0 Å². The second-order valence-electron chi connectivity index (χ2n) is 7.60. The molecule has 0 spiro atoms. The van der Waals surface area contributed by atoms with Gasteiger partial charge in [0, 0.05) is 14.4 Å². The molecule has 2 aliphatic heterocycles. The number of rotatable bonds is 6. The van der Waals surface area contributed by atoms with Crippen molar-refractivity contribution in [2.75, 3.05) is 26.4 Å². The SMILES string of the molecule is C(OCC1CO1)C1CO1.CC(C)(c1ccc(O)cc1)c1c(Br)c(Br)c(O)c(Br)c1Br. The molecule has 2 fully saturated rings. The monoisotopic (exact) mass is 670 g/mol. The van der Waals surface area contributed by atoms with Crippen molar-refractivity contribution < 1.29 is 24.4 Å². The van der Waals surface area contributed by atoms with E-state index in [0.29, 0.717) is 21.2 Å². The van der Waals surface area contributed by atoms with E-state index in [1.165, 1.54) is 0 Å². The van der Waals surface area contributed by atoms with Gasteiger partial charge in [0.1, 0.15) is 23.7 Å². The van der Waals surface area contributed by atoms with Crippen LogP contribution in [0.3, 0.4) is 0 Å². The van der Waals surface area contributed by atoms with Gasteiger partial charge in [-0.1, -0.05) is 26.0 Å². The van der Waals surface area contributed by atoms with Crippen LogP contribution in [0.1, 0.15) is 25.0 Å². The highest BCUT2D eigenvalue weighted by atomic mass is 79.9. The van der Waals surface area contributed by atoms with E-state index in [2.05, 4.69) is 77.6 Å². The Morgan fingerprint density at radius 3 is 1.70 bits per heavy atom. The molecule has 4 rings (SSSR count). The third kappa shape index (κ3) is 5.99. The second kappa shape index (κ2) is 10.2. The summed E-state index contributed by atoms with van der Waals surface area (Å²) in [5, 5.41) is 19.5. The summed E-state index contributed by atoms with van der Waals surface area (Å²) in [6.45, 7) is 7.43. The van der Waals surface area contributed by atoms with Gasteiger partial charge in [0.05, 0.1) is 35.4 Å². The molecule has 0 radical (unpaired) electrons. The predicted molar refractivity (Wildman–Crippen MR) is 129 cm³/mol. The minimum absolute atomic E-state index is 0.138. The molecule has 164 valence electrons. The Balaban J connectivity index is 0.000000234. The van der Waals surface area contributed by atoms with Crippen molar-refractivity contribution in [2.45, 2.75) is 31.5 Å². The number of epoxide rings is 2. The standard InChI is InChI=1S/C15H12Br4O2.C6H10O3/c1-15(2,7-3-5-8(20)6-4-7)9-10(16)12(18)14(21)13(19)11(9)17;1(5-3-8-5)7-2-6-4-9-6/h3-6,20-21H,1-2H3;5-6H,1-4H2. The van der Waals surface area contributed by atoms with Gasteiger partial charge in [-0.25, -0.2) is 0 Å². The second-order valence-corrected chi connectivity index (χ2v) is 10.8. The van der Waals surface area contributed by atoms with Crippen LogP contribution in [-0.2, 0) is 19.6 Å². The third-order valence-electron chi connectivity index (χ3n) is 4.87. The number of halogens is 4. The van der Waals surface area contributed by atoms with E-state index in [-0.39, 0.29) is 16.9 Å². The lowest BCUT2D eigenvalue weighted by molar-refractivity contribution is 0.102. The van der Waals surface area contributed by atoms with Gasteiger partial charge in [0.25, 0.3) is 0 Å². The number of ether oxygens (including phenoxy) is 3. The van der Waals surface area contributed by atoms with Crippen LogP contribution in [0.2, 0.25) is 0 Å². The van der Waals surface area contributed by atoms with Crippen LogP contribution >= 0.6 is 63.7 Å². The summed E-state index contributed by atoms with van der Waals surface area (Å²) < 4.78 is 17.9. The zero-order chi connectivity index (χ0) is 22.1. The first kappa shape index (κ1) is 24.5. The molecule has 2 unspecified atom stereocenters. The number of phenols is 2. The molecule has 2 aromatic rings. The van der Waals surface area contributed by atoms with Gasteiger partial charge < -0.3 is 24.4 Å². The zero-order valence-electron chi connectivity index (χ0n) is 16.4. The predicted octanol–water partition coefficient (Wildman–Crippen LogP) is 6.27. The maximum atomic E-state index is 10.1. The summed E-state index contributed by atoms with van der Waals surface area (Å²) >= 11 is 13.9. The number of hydrogen-bond acceptors (Lipinski definition) is 5. The van der Waals surface area contributed by atoms with Gasteiger partial charge in [-0.15, -0.1) is 0 Å². The molecule has 2 aliphatic rings. The van der Waals surface area contributed by atoms with E-state index in [0.717, 1.165) is 46.5 Å². The van der Waals surface area contributed by atoms with Crippen molar-refractivity contribution in [3.63, 3.8) is 0 Å². The maximum absolute atomic E-state index is 10.1. The van der Waals surface area contributed by atoms with Crippen molar-refractivity contribution in [3.8, 4) is 11.5 Å². The minimum Gasteiger partial charge on any atom is -0.508 e. The number of benzene rings is 2. The van der Waals surface area contributed by atoms with Crippen LogP contribution in [0.4, 0.5) is 0 Å². The zero-order valence-corrected chi connectivity index (χ0v) is 22.8. The number of hydrogen-bond donors (Lipinski definition) is 2. The van der Waals surface area contributed by atoms with E-state index in [1.54, 1.807) is 12.1 Å². The lowest BCUT2D eigenvalue weighted by atomic mass is 9.78. The molecule has 5 nitrogen and oxygen atoms in total. The van der Waals surface area contributed by atoms with Crippen molar-refractivity contribution in [3.05, 3.63) is 53.3 Å². The summed E-state index contributed by atoms with van der Waals surface area (Å²) in [4.78, 5) is 0. The third-order valence-corrected chi connectivity index (χ3v) is 9.06. The van der Waals surface area contributed by atoms with Crippen molar-refractivity contribution >= 4 is 63.7 Å². The Morgan fingerprint density at radius 2 is 1.30 bits per heavy atom. The molecule has 0 aromatic heterocycles. The fraction of sp³-hybridized carbons (Fsp3) is 0.429. The molecular formula is C21H22Br4O5.